The lowest BCUT2D eigenvalue weighted by Crippen LogP contribution is -2.36. The first-order chi connectivity index (χ1) is 13.4. The van der Waals surface area contributed by atoms with Gasteiger partial charge < -0.3 is 0 Å². The van der Waals surface area contributed by atoms with E-state index in [-0.39, 0.29) is 0 Å². The number of halogens is 1. The van der Waals surface area contributed by atoms with Crippen LogP contribution in [-0.4, -0.2) is 24.3 Å². The molecule has 0 saturated heterocycles. The molecule has 28 heavy (non-hydrogen) atoms. The fourth-order valence-electron chi connectivity index (χ4n) is 3.86. The topological polar surface area (TPSA) is 50.3 Å². The molecule has 0 N–H and O–H groups in total. The Balaban J connectivity index is 1.66. The SMILES string of the molecule is Cc1cc(I)cc(C)c1S(=O)(=O)N1CCc2cc(-c3ccccn3)ccc2C1. The maximum atomic E-state index is 13.4. The van der Waals surface area contributed by atoms with Crippen LogP contribution in [-0.2, 0) is 23.0 Å². The Bertz CT molecular complexity index is 1120. The first-order valence-electron chi connectivity index (χ1n) is 9.16. The van der Waals surface area contributed by atoms with Crippen LogP contribution in [0.1, 0.15) is 22.3 Å². The van der Waals surface area contributed by atoms with Crippen molar-refractivity contribution in [2.24, 2.45) is 0 Å². The molecule has 0 radical (unpaired) electrons. The number of hydrogen-bond acceptors (Lipinski definition) is 3. The quantitative estimate of drug-likeness (QED) is 0.486. The van der Waals surface area contributed by atoms with Crippen molar-refractivity contribution in [2.75, 3.05) is 6.54 Å². The summed E-state index contributed by atoms with van der Waals surface area (Å²) in [6.07, 6.45) is 2.49. The molecular weight excluding hydrogens is 483 g/mol. The summed E-state index contributed by atoms with van der Waals surface area (Å²) in [7, 11) is -3.53. The van der Waals surface area contributed by atoms with Crippen LogP contribution < -0.4 is 0 Å². The molecule has 4 nitrogen and oxygen atoms in total. The third-order valence-corrected chi connectivity index (χ3v) is 7.94. The molecule has 6 heteroatoms. The van der Waals surface area contributed by atoms with Gasteiger partial charge in [-0.25, -0.2) is 8.42 Å². The van der Waals surface area contributed by atoms with Crippen LogP contribution in [0.5, 0.6) is 0 Å². The maximum absolute atomic E-state index is 13.4. The van der Waals surface area contributed by atoms with Gasteiger partial charge in [-0.15, -0.1) is 0 Å². The molecule has 1 aromatic heterocycles. The molecule has 0 atom stereocenters. The van der Waals surface area contributed by atoms with Gasteiger partial charge in [-0.2, -0.15) is 4.31 Å². The first kappa shape index (κ1) is 19.5. The number of pyridine rings is 1. The molecule has 2 aromatic carbocycles. The molecule has 0 bridgehead atoms. The Labute approximate surface area is 179 Å². The summed E-state index contributed by atoms with van der Waals surface area (Å²) in [5.74, 6) is 0. The number of rotatable bonds is 3. The van der Waals surface area contributed by atoms with E-state index in [4.69, 9.17) is 0 Å². The van der Waals surface area contributed by atoms with Crippen LogP contribution >= 0.6 is 22.6 Å². The van der Waals surface area contributed by atoms with E-state index in [1.807, 2.05) is 56.3 Å². The molecule has 0 amide bonds. The van der Waals surface area contributed by atoms with E-state index in [2.05, 4.69) is 33.6 Å². The number of sulfonamides is 1. The van der Waals surface area contributed by atoms with E-state index in [9.17, 15) is 8.42 Å². The zero-order valence-corrected chi connectivity index (χ0v) is 18.8. The van der Waals surface area contributed by atoms with Crippen LogP contribution in [0.15, 0.2) is 59.6 Å². The summed E-state index contributed by atoms with van der Waals surface area (Å²) in [4.78, 5) is 4.86. The number of aromatic nitrogens is 1. The van der Waals surface area contributed by atoms with Crippen LogP contribution in [0.3, 0.4) is 0 Å². The molecule has 144 valence electrons. The summed E-state index contributed by atoms with van der Waals surface area (Å²) in [5, 5.41) is 0. The molecule has 4 rings (SSSR count). The number of hydrogen-bond donors (Lipinski definition) is 0. The minimum Gasteiger partial charge on any atom is -0.256 e. The van der Waals surface area contributed by atoms with Crippen LogP contribution in [0.2, 0.25) is 0 Å². The van der Waals surface area contributed by atoms with Gasteiger partial charge in [0.25, 0.3) is 0 Å². The molecule has 3 aromatic rings. The lowest BCUT2D eigenvalue weighted by molar-refractivity contribution is 0.391. The second kappa shape index (κ2) is 7.57. The molecule has 2 heterocycles. The second-order valence-corrected chi connectivity index (χ2v) is 10.3. The van der Waals surface area contributed by atoms with Crippen LogP contribution in [0.4, 0.5) is 0 Å². The predicted octanol–water partition coefficient (Wildman–Crippen LogP) is 4.72. The molecule has 0 unspecified atom stereocenters. The van der Waals surface area contributed by atoms with Crippen molar-refractivity contribution in [3.8, 4) is 11.3 Å². The first-order valence-corrected chi connectivity index (χ1v) is 11.7. The van der Waals surface area contributed by atoms with Gasteiger partial charge in [-0.3, -0.25) is 4.98 Å². The third-order valence-electron chi connectivity index (χ3n) is 5.17. The smallest absolute Gasteiger partial charge is 0.243 e. The van der Waals surface area contributed by atoms with E-state index in [1.54, 1.807) is 10.5 Å². The minimum absolute atomic E-state index is 0.408. The number of fused-ring (bicyclic) bond motifs is 1. The van der Waals surface area contributed by atoms with Crippen molar-refractivity contribution < 1.29 is 8.42 Å². The van der Waals surface area contributed by atoms with Crippen LogP contribution in [0, 0.1) is 17.4 Å². The largest absolute Gasteiger partial charge is 0.256 e. The monoisotopic (exact) mass is 504 g/mol. The zero-order valence-electron chi connectivity index (χ0n) is 15.8. The minimum atomic E-state index is -3.53. The number of nitrogens with zero attached hydrogens (tertiary/aromatic N) is 2. The van der Waals surface area contributed by atoms with Gasteiger partial charge in [0, 0.05) is 28.4 Å². The normalized spacial score (nSPS) is 14.7. The molecule has 0 fully saturated rings. The summed E-state index contributed by atoms with van der Waals surface area (Å²) in [6.45, 7) is 4.65. The van der Waals surface area contributed by atoms with E-state index in [1.165, 1.54) is 5.56 Å². The Hall–Kier alpha value is -1.77. The lowest BCUT2D eigenvalue weighted by Gasteiger charge is -2.29. The van der Waals surface area contributed by atoms with Gasteiger partial charge >= 0.3 is 0 Å². The van der Waals surface area contributed by atoms with E-state index in [0.717, 1.165) is 31.5 Å². The number of benzene rings is 2. The van der Waals surface area contributed by atoms with Gasteiger partial charge in [0.1, 0.15) is 0 Å². The van der Waals surface area contributed by atoms with Gasteiger partial charge in [-0.05, 0) is 95.4 Å². The van der Waals surface area contributed by atoms with E-state index < -0.39 is 10.0 Å². The van der Waals surface area contributed by atoms with Crippen LogP contribution in [0.25, 0.3) is 11.3 Å². The Morgan fingerprint density at radius 1 is 1.00 bits per heavy atom. The number of aryl methyl sites for hydroxylation is 2. The predicted molar refractivity (Wildman–Crippen MR) is 120 cm³/mol. The highest BCUT2D eigenvalue weighted by Gasteiger charge is 2.31. The van der Waals surface area contributed by atoms with Gasteiger partial charge in [0.15, 0.2) is 0 Å². The van der Waals surface area contributed by atoms with Crippen molar-refractivity contribution in [3.05, 3.63) is 80.6 Å². The van der Waals surface area contributed by atoms with E-state index in [0.29, 0.717) is 24.4 Å². The summed E-state index contributed by atoms with van der Waals surface area (Å²) in [6, 6.07) is 15.9. The summed E-state index contributed by atoms with van der Waals surface area (Å²) >= 11 is 2.22. The molecule has 1 aliphatic heterocycles. The highest BCUT2D eigenvalue weighted by atomic mass is 127. The van der Waals surface area contributed by atoms with Gasteiger partial charge in [0.2, 0.25) is 10.0 Å². The zero-order chi connectivity index (χ0) is 19.9. The maximum Gasteiger partial charge on any atom is 0.243 e. The Morgan fingerprint density at radius 2 is 1.75 bits per heavy atom. The molecule has 0 aliphatic carbocycles. The standard InChI is InChI=1S/C22H21IN2O2S/c1-15-11-20(23)12-16(2)22(15)28(26,27)25-10-8-17-13-18(6-7-19(17)14-25)21-5-3-4-9-24-21/h3-7,9,11-13H,8,10,14H2,1-2H3. The highest BCUT2D eigenvalue weighted by Crippen LogP contribution is 2.31. The fourth-order valence-corrected chi connectivity index (χ4v) is 6.62. The van der Waals surface area contributed by atoms with Crippen molar-refractivity contribution in [3.63, 3.8) is 0 Å². The Kier molecular flexibility index (Phi) is 5.28. The fraction of sp³-hybridized carbons (Fsp3) is 0.227. The molecule has 1 aliphatic rings. The molecule has 0 spiro atoms. The lowest BCUT2D eigenvalue weighted by atomic mass is 9.97. The van der Waals surface area contributed by atoms with Crippen molar-refractivity contribution in [1.29, 1.82) is 0 Å². The second-order valence-electron chi connectivity index (χ2n) is 7.16. The van der Waals surface area contributed by atoms with E-state index >= 15 is 0 Å². The average molecular weight is 504 g/mol. The highest BCUT2D eigenvalue weighted by molar-refractivity contribution is 14.1. The van der Waals surface area contributed by atoms with Gasteiger partial charge in [-0.1, -0.05) is 18.2 Å². The van der Waals surface area contributed by atoms with Gasteiger partial charge in [0.05, 0.1) is 10.6 Å². The molecular formula is C22H21IN2O2S. The average Bonchev–Trinajstić information content (AvgIpc) is 2.66. The van der Waals surface area contributed by atoms with Crippen molar-refractivity contribution in [2.45, 2.75) is 31.7 Å². The Morgan fingerprint density at radius 3 is 2.43 bits per heavy atom. The summed E-state index contributed by atoms with van der Waals surface area (Å²) < 4.78 is 29.4. The summed E-state index contributed by atoms with van der Waals surface area (Å²) in [5.41, 5.74) is 5.88. The molecule has 0 saturated carbocycles. The van der Waals surface area contributed by atoms with Crippen molar-refractivity contribution >= 4 is 32.6 Å². The van der Waals surface area contributed by atoms with Crippen molar-refractivity contribution in [1.82, 2.24) is 9.29 Å². The third kappa shape index (κ3) is 3.60.